The van der Waals surface area contributed by atoms with E-state index in [1.165, 1.54) is 0 Å². The molecule has 0 aliphatic heterocycles. The number of thioether (sulfide) groups is 1. The molecule has 2 atom stereocenters. The molecule has 16 heavy (non-hydrogen) atoms. The second kappa shape index (κ2) is 6.19. The first-order valence-corrected chi connectivity index (χ1v) is 7.10. The number of hydrogen-bond acceptors (Lipinski definition) is 2. The fourth-order valence-corrected chi connectivity index (χ4v) is 2.74. The molecule has 1 nitrogen and oxygen atoms in total. The van der Waals surface area contributed by atoms with Crippen LogP contribution in [0, 0.1) is 0 Å². The van der Waals surface area contributed by atoms with E-state index in [0.717, 1.165) is 23.3 Å². The van der Waals surface area contributed by atoms with E-state index in [1.54, 1.807) is 0 Å². The summed E-state index contributed by atoms with van der Waals surface area (Å²) in [4.78, 5) is 0. The predicted octanol–water partition coefficient (Wildman–Crippen LogP) is 4.72. The topological polar surface area (TPSA) is 20.2 Å². The van der Waals surface area contributed by atoms with Crippen molar-refractivity contribution in [3.63, 3.8) is 0 Å². The van der Waals surface area contributed by atoms with Crippen LogP contribution in [-0.2, 0) is 0 Å². The maximum absolute atomic E-state index is 10.3. The Hall–Kier alpha value is -0.630. The van der Waals surface area contributed by atoms with Crippen LogP contribution >= 0.6 is 11.8 Å². The summed E-state index contributed by atoms with van der Waals surface area (Å²) in [7, 11) is 0. The van der Waals surface area contributed by atoms with Gasteiger partial charge in [0.15, 0.2) is 0 Å². The molecule has 0 fully saturated rings. The third kappa shape index (κ3) is 2.94. The molecule has 1 aromatic carbocycles. The molecule has 0 aliphatic rings. The van der Waals surface area contributed by atoms with Crippen LogP contribution in [-0.4, -0.2) is 10.9 Å². The maximum atomic E-state index is 10.3. The van der Waals surface area contributed by atoms with Gasteiger partial charge in [-0.15, -0.1) is 0 Å². The van der Waals surface area contributed by atoms with E-state index < -0.39 is 0 Å². The minimum absolute atomic E-state index is 0.369. The average Bonchev–Trinajstić information content (AvgIpc) is 2.28. The second-order valence-electron chi connectivity index (χ2n) is 4.19. The summed E-state index contributed by atoms with van der Waals surface area (Å²) in [5, 5.41) is 10.6. The van der Waals surface area contributed by atoms with Gasteiger partial charge in [-0.05, 0) is 30.6 Å². The van der Waals surface area contributed by atoms with Crippen molar-refractivity contribution in [2.24, 2.45) is 0 Å². The van der Waals surface area contributed by atoms with E-state index in [-0.39, 0.29) is 0 Å². The minimum Gasteiger partial charge on any atom is -0.507 e. The minimum atomic E-state index is 0.369. The van der Waals surface area contributed by atoms with E-state index in [1.807, 2.05) is 23.9 Å². The van der Waals surface area contributed by atoms with Gasteiger partial charge < -0.3 is 5.11 Å². The highest BCUT2D eigenvalue weighted by atomic mass is 32.2. The zero-order valence-electron chi connectivity index (χ0n) is 10.7. The molecule has 1 N–H and O–H groups in total. The van der Waals surface area contributed by atoms with Gasteiger partial charge in [0.2, 0.25) is 0 Å². The molecule has 0 bridgehead atoms. The van der Waals surface area contributed by atoms with Crippen molar-refractivity contribution in [3.8, 4) is 5.75 Å². The first kappa shape index (κ1) is 13.4. The Labute approximate surface area is 103 Å². The van der Waals surface area contributed by atoms with Gasteiger partial charge >= 0.3 is 0 Å². The summed E-state index contributed by atoms with van der Waals surface area (Å²) in [5.41, 5.74) is 2.16. The zero-order chi connectivity index (χ0) is 12.1. The fourth-order valence-electron chi connectivity index (χ4n) is 1.87. The van der Waals surface area contributed by atoms with E-state index in [0.29, 0.717) is 16.9 Å². The summed E-state index contributed by atoms with van der Waals surface area (Å²) in [6, 6.07) is 6.13. The Morgan fingerprint density at radius 1 is 1.19 bits per heavy atom. The van der Waals surface area contributed by atoms with Crippen LogP contribution in [0.4, 0.5) is 0 Å². The highest BCUT2D eigenvalue weighted by Crippen LogP contribution is 2.38. The highest BCUT2D eigenvalue weighted by molar-refractivity contribution is 7.99. The molecule has 0 aromatic heterocycles. The van der Waals surface area contributed by atoms with Crippen LogP contribution < -0.4 is 0 Å². The molecular formula is C14H22OS. The van der Waals surface area contributed by atoms with Gasteiger partial charge in [0.25, 0.3) is 0 Å². The van der Waals surface area contributed by atoms with Gasteiger partial charge in [-0.2, -0.15) is 11.8 Å². The van der Waals surface area contributed by atoms with E-state index in [4.69, 9.17) is 0 Å². The lowest BCUT2D eigenvalue weighted by Crippen LogP contribution is -1.97. The van der Waals surface area contributed by atoms with E-state index >= 15 is 0 Å². The van der Waals surface area contributed by atoms with Crippen molar-refractivity contribution in [2.45, 2.75) is 45.3 Å². The standard InChI is InChI=1S/C14H22OS/c1-5-10(3)12-8-7-9-13(14(12)15)11(4)16-6-2/h7-11,15H,5-6H2,1-4H3. The van der Waals surface area contributed by atoms with Gasteiger partial charge in [0, 0.05) is 10.8 Å². The molecular weight excluding hydrogens is 216 g/mol. The Kier molecular flexibility index (Phi) is 5.20. The summed E-state index contributed by atoms with van der Waals surface area (Å²) in [6.45, 7) is 8.62. The summed E-state index contributed by atoms with van der Waals surface area (Å²) < 4.78 is 0. The molecule has 0 aliphatic carbocycles. The average molecular weight is 238 g/mol. The Morgan fingerprint density at radius 2 is 1.81 bits per heavy atom. The highest BCUT2D eigenvalue weighted by Gasteiger charge is 2.15. The van der Waals surface area contributed by atoms with E-state index in [9.17, 15) is 5.11 Å². The number of rotatable bonds is 5. The molecule has 0 radical (unpaired) electrons. The molecule has 1 aromatic rings. The zero-order valence-corrected chi connectivity index (χ0v) is 11.5. The lowest BCUT2D eigenvalue weighted by Gasteiger charge is -2.17. The number of phenolic OH excluding ortho intramolecular Hbond substituents is 1. The summed E-state index contributed by atoms with van der Waals surface area (Å²) >= 11 is 1.87. The largest absolute Gasteiger partial charge is 0.507 e. The lowest BCUT2D eigenvalue weighted by atomic mass is 9.95. The second-order valence-corrected chi connectivity index (χ2v) is 5.81. The van der Waals surface area contributed by atoms with Crippen molar-refractivity contribution in [3.05, 3.63) is 29.3 Å². The Bertz CT molecular complexity index is 336. The molecule has 0 amide bonds. The smallest absolute Gasteiger partial charge is 0.123 e. The first-order valence-electron chi connectivity index (χ1n) is 6.05. The molecule has 0 heterocycles. The van der Waals surface area contributed by atoms with Crippen LogP contribution in [0.2, 0.25) is 0 Å². The quantitative estimate of drug-likeness (QED) is 0.801. The van der Waals surface area contributed by atoms with E-state index in [2.05, 4.69) is 33.8 Å². The van der Waals surface area contributed by atoms with Crippen molar-refractivity contribution in [1.82, 2.24) is 0 Å². The predicted molar refractivity (Wildman–Crippen MR) is 73.4 cm³/mol. The fraction of sp³-hybridized carbons (Fsp3) is 0.571. The van der Waals surface area contributed by atoms with Crippen LogP contribution in [0.15, 0.2) is 18.2 Å². The van der Waals surface area contributed by atoms with Crippen LogP contribution in [0.25, 0.3) is 0 Å². The van der Waals surface area contributed by atoms with Crippen LogP contribution in [0.3, 0.4) is 0 Å². The number of para-hydroxylation sites is 1. The van der Waals surface area contributed by atoms with Gasteiger partial charge in [-0.25, -0.2) is 0 Å². The number of benzene rings is 1. The third-order valence-corrected chi connectivity index (χ3v) is 4.18. The molecule has 0 spiro atoms. The van der Waals surface area contributed by atoms with Gasteiger partial charge in [-0.1, -0.05) is 39.0 Å². The van der Waals surface area contributed by atoms with Crippen LogP contribution in [0.1, 0.15) is 56.4 Å². The monoisotopic (exact) mass is 238 g/mol. The Morgan fingerprint density at radius 3 is 2.38 bits per heavy atom. The van der Waals surface area contributed by atoms with Crippen molar-refractivity contribution >= 4 is 11.8 Å². The van der Waals surface area contributed by atoms with Gasteiger partial charge in [-0.3, -0.25) is 0 Å². The maximum Gasteiger partial charge on any atom is 0.123 e. The Balaban J connectivity index is 3.03. The first-order chi connectivity index (χ1) is 7.61. The molecule has 1 rings (SSSR count). The SMILES string of the molecule is CCSC(C)c1cccc(C(C)CC)c1O. The normalized spacial score (nSPS) is 14.8. The third-order valence-electron chi connectivity index (χ3n) is 3.10. The molecule has 90 valence electrons. The van der Waals surface area contributed by atoms with Crippen molar-refractivity contribution in [2.75, 3.05) is 5.75 Å². The number of phenols is 1. The summed E-state index contributed by atoms with van der Waals surface area (Å²) in [5.74, 6) is 2.01. The molecule has 2 unspecified atom stereocenters. The van der Waals surface area contributed by atoms with Gasteiger partial charge in [0.05, 0.1) is 0 Å². The van der Waals surface area contributed by atoms with Crippen LogP contribution in [0.5, 0.6) is 5.75 Å². The summed E-state index contributed by atoms with van der Waals surface area (Å²) in [6.07, 6.45) is 1.06. The lowest BCUT2D eigenvalue weighted by molar-refractivity contribution is 0.455. The number of aromatic hydroxyl groups is 1. The number of hydrogen-bond donors (Lipinski definition) is 1. The van der Waals surface area contributed by atoms with Gasteiger partial charge in [0.1, 0.15) is 5.75 Å². The van der Waals surface area contributed by atoms with Crippen molar-refractivity contribution < 1.29 is 5.11 Å². The molecule has 0 saturated heterocycles. The van der Waals surface area contributed by atoms with Crippen molar-refractivity contribution in [1.29, 1.82) is 0 Å². The molecule has 2 heteroatoms. The molecule has 0 saturated carbocycles.